The van der Waals surface area contributed by atoms with Crippen LogP contribution < -0.4 is 9.47 Å². The first-order chi connectivity index (χ1) is 20.9. The number of aromatic nitrogens is 2. The maximum atomic E-state index is 13.1. The SMILES string of the molecule is CCc1c(CC)n(C(=O)O)c2cc(-c3ccc(OCc4c(-c5ccccc5OC(F)(F)F)noc4C(C)C)cc3C)ccc12. The molecule has 0 spiro atoms. The summed E-state index contributed by atoms with van der Waals surface area (Å²) in [5.41, 5.74) is 6.07. The molecule has 7 nitrogen and oxygen atoms in total. The van der Waals surface area contributed by atoms with E-state index in [0.29, 0.717) is 29.0 Å². The molecule has 2 aromatic heterocycles. The van der Waals surface area contributed by atoms with Crippen LogP contribution in [-0.2, 0) is 19.4 Å². The van der Waals surface area contributed by atoms with Crippen LogP contribution in [0.5, 0.6) is 11.5 Å². The number of fused-ring (bicyclic) bond motifs is 1. The second kappa shape index (κ2) is 12.1. The van der Waals surface area contributed by atoms with E-state index in [0.717, 1.165) is 39.8 Å². The number of carbonyl (C=O) groups is 1. The van der Waals surface area contributed by atoms with Crippen molar-refractivity contribution in [1.82, 2.24) is 9.72 Å². The fourth-order valence-corrected chi connectivity index (χ4v) is 5.77. The molecule has 3 aromatic carbocycles. The Balaban J connectivity index is 1.46. The highest BCUT2D eigenvalue weighted by atomic mass is 19.4. The summed E-state index contributed by atoms with van der Waals surface area (Å²) in [6, 6.07) is 17.3. The van der Waals surface area contributed by atoms with E-state index in [1.807, 2.05) is 65.0 Å². The highest BCUT2D eigenvalue weighted by Crippen LogP contribution is 2.39. The Labute approximate surface area is 252 Å². The van der Waals surface area contributed by atoms with Crippen LogP contribution in [0.15, 0.2) is 65.2 Å². The van der Waals surface area contributed by atoms with Gasteiger partial charge < -0.3 is 19.1 Å². The average Bonchev–Trinajstić information content (AvgIpc) is 3.54. The number of para-hydroxylation sites is 1. The Hall–Kier alpha value is -4.73. The Kier molecular flexibility index (Phi) is 8.45. The number of hydrogen-bond donors (Lipinski definition) is 1. The van der Waals surface area contributed by atoms with Gasteiger partial charge >= 0.3 is 12.5 Å². The van der Waals surface area contributed by atoms with Gasteiger partial charge in [0.15, 0.2) is 0 Å². The zero-order valence-electron chi connectivity index (χ0n) is 25.1. The lowest BCUT2D eigenvalue weighted by atomic mass is 9.98. The van der Waals surface area contributed by atoms with Crippen LogP contribution in [0.2, 0.25) is 0 Å². The zero-order valence-corrected chi connectivity index (χ0v) is 25.1. The normalized spacial score (nSPS) is 11.8. The monoisotopic (exact) mass is 606 g/mol. The molecule has 0 fully saturated rings. The van der Waals surface area contributed by atoms with Crippen LogP contribution in [0, 0.1) is 6.92 Å². The first kappa shape index (κ1) is 30.7. The number of halogens is 3. The summed E-state index contributed by atoms with van der Waals surface area (Å²) in [6.07, 6.45) is -4.53. The van der Waals surface area contributed by atoms with Gasteiger partial charge in [-0.2, -0.15) is 0 Å². The fraction of sp³-hybridized carbons (Fsp3) is 0.294. The van der Waals surface area contributed by atoms with Crippen LogP contribution >= 0.6 is 0 Å². The van der Waals surface area contributed by atoms with E-state index in [1.165, 1.54) is 22.8 Å². The third-order valence-corrected chi connectivity index (χ3v) is 7.66. The molecule has 0 saturated carbocycles. The van der Waals surface area contributed by atoms with Crippen molar-refractivity contribution in [1.29, 1.82) is 0 Å². The first-order valence-electron chi connectivity index (χ1n) is 14.4. The van der Waals surface area contributed by atoms with Gasteiger partial charge in [0.2, 0.25) is 0 Å². The Morgan fingerprint density at radius 1 is 1.00 bits per heavy atom. The van der Waals surface area contributed by atoms with Gasteiger partial charge in [0.1, 0.15) is 29.6 Å². The van der Waals surface area contributed by atoms with Crippen LogP contribution in [0.1, 0.15) is 61.8 Å². The molecule has 0 bridgehead atoms. The molecule has 0 aliphatic rings. The molecule has 0 saturated heterocycles. The topological polar surface area (TPSA) is 86.7 Å². The largest absolute Gasteiger partial charge is 0.573 e. The minimum Gasteiger partial charge on any atom is -0.489 e. The summed E-state index contributed by atoms with van der Waals surface area (Å²) < 4.78 is 56.6. The molecule has 0 atom stereocenters. The van der Waals surface area contributed by atoms with E-state index >= 15 is 0 Å². The molecule has 1 N–H and O–H groups in total. The summed E-state index contributed by atoms with van der Waals surface area (Å²) in [5.74, 6) is 0.566. The molecule has 0 radical (unpaired) electrons. The molecule has 0 aliphatic carbocycles. The summed E-state index contributed by atoms with van der Waals surface area (Å²) >= 11 is 0. The van der Waals surface area contributed by atoms with Gasteiger partial charge in [0.05, 0.1) is 11.1 Å². The first-order valence-corrected chi connectivity index (χ1v) is 14.4. The molecule has 5 rings (SSSR count). The third-order valence-electron chi connectivity index (χ3n) is 7.66. The second-order valence-electron chi connectivity index (χ2n) is 10.8. The standard InChI is InChI=1S/C34H33F3N2O5/c1-6-23-25-14-12-21(17-29(25)39(33(40)41)28(23)7-2)24-15-13-22(16-20(24)5)42-18-27-31(38-44-32(27)19(3)4)26-10-8-9-11-30(26)43-34(35,36)37/h8-17,19H,6-7,18H2,1-5H3,(H,40,41). The number of carboxylic acid groups (broad SMARTS) is 1. The zero-order chi connectivity index (χ0) is 31.8. The molecule has 0 amide bonds. The minimum absolute atomic E-state index is 0.00314. The van der Waals surface area contributed by atoms with Crippen LogP contribution in [0.3, 0.4) is 0 Å². The maximum Gasteiger partial charge on any atom is 0.573 e. The van der Waals surface area contributed by atoms with Gasteiger partial charge in [-0.15, -0.1) is 13.2 Å². The lowest BCUT2D eigenvalue weighted by Crippen LogP contribution is -2.17. The molecule has 0 unspecified atom stereocenters. The van der Waals surface area contributed by atoms with Gasteiger partial charge in [-0.25, -0.2) is 9.36 Å². The molecule has 10 heteroatoms. The molecular weight excluding hydrogens is 573 g/mol. The van der Waals surface area contributed by atoms with Crippen molar-refractivity contribution in [2.75, 3.05) is 0 Å². The average molecular weight is 607 g/mol. The van der Waals surface area contributed by atoms with Crippen molar-refractivity contribution in [2.45, 2.75) is 66.3 Å². The summed E-state index contributed by atoms with van der Waals surface area (Å²) in [4.78, 5) is 12.2. The lowest BCUT2D eigenvalue weighted by Gasteiger charge is -2.14. The van der Waals surface area contributed by atoms with Crippen molar-refractivity contribution in [3.63, 3.8) is 0 Å². The molecule has 44 heavy (non-hydrogen) atoms. The van der Waals surface area contributed by atoms with Gasteiger partial charge in [-0.1, -0.05) is 63.2 Å². The quantitative estimate of drug-likeness (QED) is 0.180. The Morgan fingerprint density at radius 2 is 1.75 bits per heavy atom. The predicted molar refractivity (Wildman–Crippen MR) is 161 cm³/mol. The van der Waals surface area contributed by atoms with E-state index in [4.69, 9.17) is 9.26 Å². The minimum atomic E-state index is -4.87. The van der Waals surface area contributed by atoms with Crippen molar-refractivity contribution in [3.8, 4) is 33.9 Å². The number of ether oxygens (including phenoxy) is 2. The van der Waals surface area contributed by atoms with E-state index in [9.17, 15) is 23.1 Å². The van der Waals surface area contributed by atoms with Crippen LogP contribution in [0.4, 0.5) is 18.0 Å². The smallest absolute Gasteiger partial charge is 0.489 e. The number of benzene rings is 3. The number of rotatable bonds is 9. The second-order valence-corrected chi connectivity index (χ2v) is 10.8. The summed E-state index contributed by atoms with van der Waals surface area (Å²) in [5, 5.41) is 15.0. The third kappa shape index (κ3) is 5.89. The van der Waals surface area contributed by atoms with Crippen molar-refractivity contribution >= 4 is 17.0 Å². The Bertz CT molecular complexity index is 1830. The number of alkyl halides is 3. The molecule has 230 valence electrons. The van der Waals surface area contributed by atoms with E-state index in [2.05, 4.69) is 9.89 Å². The van der Waals surface area contributed by atoms with E-state index in [-0.39, 0.29) is 29.5 Å². The van der Waals surface area contributed by atoms with Crippen LogP contribution in [0.25, 0.3) is 33.3 Å². The molecular formula is C34H33F3N2O5. The van der Waals surface area contributed by atoms with Crippen molar-refractivity contribution in [3.05, 3.63) is 88.8 Å². The highest BCUT2D eigenvalue weighted by Gasteiger charge is 2.33. The van der Waals surface area contributed by atoms with Crippen LogP contribution in [-0.4, -0.2) is 27.3 Å². The van der Waals surface area contributed by atoms with Crippen molar-refractivity contribution in [2.24, 2.45) is 0 Å². The van der Waals surface area contributed by atoms with Gasteiger partial charge in [0.25, 0.3) is 0 Å². The summed E-state index contributed by atoms with van der Waals surface area (Å²) in [6.45, 7) is 9.72. The van der Waals surface area contributed by atoms with Gasteiger partial charge in [-0.3, -0.25) is 0 Å². The number of nitrogens with zero attached hydrogens (tertiary/aromatic N) is 2. The fourth-order valence-electron chi connectivity index (χ4n) is 5.77. The van der Waals surface area contributed by atoms with Crippen molar-refractivity contribution < 1.29 is 37.1 Å². The van der Waals surface area contributed by atoms with E-state index in [1.54, 1.807) is 12.1 Å². The van der Waals surface area contributed by atoms with Gasteiger partial charge in [-0.05, 0) is 72.4 Å². The molecule has 2 heterocycles. The highest BCUT2D eigenvalue weighted by molar-refractivity contribution is 5.96. The maximum absolute atomic E-state index is 13.1. The van der Waals surface area contributed by atoms with Gasteiger partial charge in [0, 0.05) is 22.6 Å². The lowest BCUT2D eigenvalue weighted by molar-refractivity contribution is -0.274. The summed E-state index contributed by atoms with van der Waals surface area (Å²) in [7, 11) is 0. The predicted octanol–water partition coefficient (Wildman–Crippen LogP) is 9.52. The Morgan fingerprint density at radius 3 is 2.39 bits per heavy atom. The number of hydrogen-bond acceptors (Lipinski definition) is 5. The molecule has 0 aliphatic heterocycles. The molecule has 5 aromatic rings. The van der Waals surface area contributed by atoms with E-state index < -0.39 is 12.5 Å². The number of aryl methyl sites for hydroxylation is 2.